The first kappa shape index (κ1) is 14.3. The molecule has 0 aliphatic carbocycles. The third kappa shape index (κ3) is 2.82. The third-order valence-electron chi connectivity index (χ3n) is 4.29. The van der Waals surface area contributed by atoms with Crippen LogP contribution in [0.1, 0.15) is 35.3 Å². The molecule has 1 aliphatic rings. The molecule has 0 radical (unpaired) electrons. The molecule has 0 saturated heterocycles. The van der Waals surface area contributed by atoms with Gasteiger partial charge in [-0.2, -0.15) is 0 Å². The molecule has 0 unspecified atom stereocenters. The summed E-state index contributed by atoms with van der Waals surface area (Å²) in [5.74, 6) is 1.15. The Morgan fingerprint density at radius 2 is 1.78 bits per heavy atom. The van der Waals surface area contributed by atoms with E-state index >= 15 is 0 Å². The number of halogens is 1. The molecule has 2 atom stereocenters. The van der Waals surface area contributed by atoms with Crippen molar-refractivity contribution in [3.8, 4) is 5.75 Å². The zero-order valence-electron chi connectivity index (χ0n) is 12.5. The summed E-state index contributed by atoms with van der Waals surface area (Å²) in [7, 11) is 0. The molecule has 23 heavy (non-hydrogen) atoms. The van der Waals surface area contributed by atoms with Crippen molar-refractivity contribution in [1.82, 2.24) is 4.98 Å². The minimum Gasteiger partial charge on any atom is -0.484 e. The number of benzene rings is 2. The second-order valence-corrected chi connectivity index (χ2v) is 6.18. The topological polar surface area (TPSA) is 22.1 Å². The summed E-state index contributed by atoms with van der Waals surface area (Å²) in [6, 6.07) is 22.3. The summed E-state index contributed by atoms with van der Waals surface area (Å²) in [6.45, 7) is 0. The predicted molar refractivity (Wildman–Crippen MR) is 92.0 cm³/mol. The second kappa shape index (κ2) is 6.05. The van der Waals surface area contributed by atoms with Gasteiger partial charge >= 0.3 is 0 Å². The fourth-order valence-corrected chi connectivity index (χ4v) is 3.37. The van der Waals surface area contributed by atoms with Crippen LogP contribution in [0.15, 0.2) is 72.9 Å². The van der Waals surface area contributed by atoms with Crippen LogP contribution in [-0.4, -0.2) is 4.98 Å². The van der Waals surface area contributed by atoms with Crippen molar-refractivity contribution >= 4 is 11.6 Å². The van der Waals surface area contributed by atoms with Crippen LogP contribution >= 0.6 is 11.6 Å². The number of hydrogen-bond donors (Lipinski definition) is 0. The van der Waals surface area contributed by atoms with Gasteiger partial charge in [0.05, 0.1) is 5.69 Å². The largest absolute Gasteiger partial charge is 0.484 e. The van der Waals surface area contributed by atoms with Gasteiger partial charge in [-0.25, -0.2) is 0 Å². The Balaban J connectivity index is 1.79. The van der Waals surface area contributed by atoms with Crippen molar-refractivity contribution < 1.29 is 4.74 Å². The maximum Gasteiger partial charge on any atom is 0.141 e. The molecule has 0 N–H and O–H groups in total. The number of rotatable bonds is 2. The van der Waals surface area contributed by atoms with Gasteiger partial charge in [0.25, 0.3) is 0 Å². The minimum atomic E-state index is -0.0462. The molecule has 0 fully saturated rings. The van der Waals surface area contributed by atoms with Crippen molar-refractivity contribution in [2.45, 2.75) is 18.4 Å². The van der Waals surface area contributed by atoms with Gasteiger partial charge in [0.2, 0.25) is 0 Å². The molecule has 2 nitrogen and oxygen atoms in total. The Morgan fingerprint density at radius 1 is 0.957 bits per heavy atom. The molecule has 3 heteroatoms. The highest BCUT2D eigenvalue weighted by atomic mass is 35.5. The van der Waals surface area contributed by atoms with Crippen LogP contribution in [-0.2, 0) is 0 Å². The Morgan fingerprint density at radius 3 is 2.57 bits per heavy atom. The van der Waals surface area contributed by atoms with Gasteiger partial charge in [-0.3, -0.25) is 4.98 Å². The molecule has 4 rings (SSSR count). The lowest BCUT2D eigenvalue weighted by atomic mass is 9.83. The Kier molecular flexibility index (Phi) is 3.76. The molecule has 0 amide bonds. The lowest BCUT2D eigenvalue weighted by molar-refractivity contribution is 0.163. The predicted octanol–water partition coefficient (Wildman–Crippen LogP) is 5.39. The smallest absolute Gasteiger partial charge is 0.141 e. The summed E-state index contributed by atoms with van der Waals surface area (Å²) in [5, 5.41) is 0.740. The molecule has 1 aromatic heterocycles. The maximum absolute atomic E-state index is 6.21. The van der Waals surface area contributed by atoms with E-state index in [2.05, 4.69) is 29.2 Å². The van der Waals surface area contributed by atoms with E-state index in [1.54, 1.807) is 0 Å². The second-order valence-electron chi connectivity index (χ2n) is 5.74. The fourth-order valence-electron chi connectivity index (χ4n) is 3.19. The van der Waals surface area contributed by atoms with E-state index in [4.69, 9.17) is 16.3 Å². The van der Waals surface area contributed by atoms with E-state index in [9.17, 15) is 0 Å². The van der Waals surface area contributed by atoms with Crippen LogP contribution in [0.2, 0.25) is 5.02 Å². The highest BCUT2D eigenvalue weighted by Crippen LogP contribution is 2.45. The van der Waals surface area contributed by atoms with Gasteiger partial charge in [0, 0.05) is 29.1 Å². The molecule has 2 heterocycles. The summed E-state index contributed by atoms with van der Waals surface area (Å²) >= 11 is 6.21. The molecule has 2 aromatic carbocycles. The third-order valence-corrected chi connectivity index (χ3v) is 4.52. The van der Waals surface area contributed by atoms with Crippen LogP contribution in [0.4, 0.5) is 0 Å². The number of pyridine rings is 1. The SMILES string of the molecule is Clc1ccc2c(c1)[C@@H](c1ccccc1)C[C@H](c1ccccn1)O2. The number of fused-ring (bicyclic) bond motifs is 1. The average molecular weight is 322 g/mol. The first-order valence-corrected chi connectivity index (χ1v) is 8.11. The van der Waals surface area contributed by atoms with Crippen LogP contribution in [0.25, 0.3) is 0 Å². The monoisotopic (exact) mass is 321 g/mol. The summed E-state index contributed by atoms with van der Waals surface area (Å²) < 4.78 is 6.20. The molecular weight excluding hydrogens is 306 g/mol. The molecular formula is C20H16ClNO. The van der Waals surface area contributed by atoms with Crippen LogP contribution < -0.4 is 4.74 Å². The highest BCUT2D eigenvalue weighted by Gasteiger charge is 2.31. The van der Waals surface area contributed by atoms with E-state index in [-0.39, 0.29) is 12.0 Å². The van der Waals surface area contributed by atoms with E-state index in [0.29, 0.717) is 0 Å². The van der Waals surface area contributed by atoms with Gasteiger partial charge in [-0.05, 0) is 35.9 Å². The van der Waals surface area contributed by atoms with Gasteiger partial charge in [0.1, 0.15) is 11.9 Å². The lowest BCUT2D eigenvalue weighted by Crippen LogP contribution is -2.20. The van der Waals surface area contributed by atoms with Crippen LogP contribution in [0, 0.1) is 0 Å². The van der Waals surface area contributed by atoms with Crippen LogP contribution in [0.3, 0.4) is 0 Å². The zero-order chi connectivity index (χ0) is 15.6. The fraction of sp³-hybridized carbons (Fsp3) is 0.150. The minimum absolute atomic E-state index is 0.0462. The zero-order valence-corrected chi connectivity index (χ0v) is 13.3. The Bertz CT molecular complexity index is 804. The molecule has 1 aliphatic heterocycles. The average Bonchev–Trinajstić information content (AvgIpc) is 2.62. The van der Waals surface area contributed by atoms with Crippen LogP contribution in [0.5, 0.6) is 5.75 Å². The van der Waals surface area contributed by atoms with Crippen molar-refractivity contribution in [2.75, 3.05) is 0 Å². The normalized spacial score (nSPS) is 19.7. The molecule has 0 saturated carbocycles. The highest BCUT2D eigenvalue weighted by molar-refractivity contribution is 6.30. The summed E-state index contributed by atoms with van der Waals surface area (Å²) in [5.41, 5.74) is 3.39. The number of nitrogens with zero attached hydrogens (tertiary/aromatic N) is 1. The lowest BCUT2D eigenvalue weighted by Gasteiger charge is -2.32. The standard InChI is InChI=1S/C20H16ClNO/c21-15-9-10-19-17(12-15)16(14-6-2-1-3-7-14)13-20(23-19)18-8-4-5-11-22-18/h1-12,16,20H,13H2/t16-,20-/m1/s1. The van der Waals surface area contributed by atoms with Crippen molar-refractivity contribution in [1.29, 1.82) is 0 Å². The van der Waals surface area contributed by atoms with Gasteiger partial charge in [0.15, 0.2) is 0 Å². The number of aromatic nitrogens is 1. The van der Waals surface area contributed by atoms with Crippen molar-refractivity contribution in [2.24, 2.45) is 0 Å². The first-order valence-electron chi connectivity index (χ1n) is 7.73. The summed E-state index contributed by atoms with van der Waals surface area (Å²) in [4.78, 5) is 4.47. The first-order chi connectivity index (χ1) is 11.3. The summed E-state index contributed by atoms with van der Waals surface area (Å²) in [6.07, 6.45) is 2.62. The molecule has 114 valence electrons. The molecule has 3 aromatic rings. The van der Waals surface area contributed by atoms with E-state index in [0.717, 1.165) is 28.5 Å². The Labute approximate surface area is 140 Å². The number of ether oxygens (including phenoxy) is 1. The number of hydrogen-bond acceptors (Lipinski definition) is 2. The quantitative estimate of drug-likeness (QED) is 0.631. The van der Waals surface area contributed by atoms with Gasteiger partial charge in [-0.1, -0.05) is 48.0 Å². The van der Waals surface area contributed by atoms with E-state index in [1.165, 1.54) is 5.56 Å². The molecule has 0 spiro atoms. The van der Waals surface area contributed by atoms with Crippen molar-refractivity contribution in [3.05, 3.63) is 94.8 Å². The Hall–Kier alpha value is -2.32. The van der Waals surface area contributed by atoms with E-state index in [1.807, 2.05) is 48.7 Å². The van der Waals surface area contributed by atoms with E-state index < -0.39 is 0 Å². The van der Waals surface area contributed by atoms with Gasteiger partial charge < -0.3 is 4.74 Å². The van der Waals surface area contributed by atoms with Crippen molar-refractivity contribution in [3.63, 3.8) is 0 Å². The maximum atomic E-state index is 6.21. The van der Waals surface area contributed by atoms with Gasteiger partial charge in [-0.15, -0.1) is 0 Å². The molecule has 0 bridgehead atoms.